The van der Waals surface area contributed by atoms with Crippen molar-refractivity contribution in [3.8, 4) is 5.75 Å². The highest BCUT2D eigenvalue weighted by Gasteiger charge is 2.14. The second-order valence-electron chi connectivity index (χ2n) is 4.54. The van der Waals surface area contributed by atoms with Crippen LogP contribution >= 0.6 is 11.3 Å². The largest absolute Gasteiger partial charge is 0.494 e. The van der Waals surface area contributed by atoms with E-state index in [1.54, 1.807) is 35.7 Å². The molecule has 23 heavy (non-hydrogen) atoms. The predicted molar refractivity (Wildman–Crippen MR) is 89.5 cm³/mol. The van der Waals surface area contributed by atoms with Crippen molar-refractivity contribution in [1.82, 2.24) is 10.0 Å². The number of sulfonamides is 1. The molecule has 0 aliphatic carbocycles. The quantitative estimate of drug-likeness (QED) is 0.709. The topological polar surface area (TPSA) is 84.5 Å². The molecule has 0 bridgehead atoms. The molecule has 1 amide bonds. The molecule has 0 fully saturated rings. The minimum atomic E-state index is -3.49. The maximum Gasteiger partial charge on any atom is 0.251 e. The Bertz CT molecular complexity index is 725. The third kappa shape index (κ3) is 5.05. The van der Waals surface area contributed by atoms with Crippen molar-refractivity contribution >= 4 is 27.3 Å². The van der Waals surface area contributed by atoms with Crippen LogP contribution in [0.4, 0.5) is 0 Å². The van der Waals surface area contributed by atoms with Crippen LogP contribution in [0.15, 0.2) is 46.0 Å². The molecule has 0 saturated carbocycles. The van der Waals surface area contributed by atoms with E-state index >= 15 is 0 Å². The Morgan fingerprint density at radius 1 is 1.17 bits per heavy atom. The lowest BCUT2D eigenvalue weighted by atomic mass is 10.2. The number of benzene rings is 1. The molecule has 0 radical (unpaired) electrons. The first-order chi connectivity index (χ1) is 11.0. The number of hydrogen-bond donors (Lipinski definition) is 2. The molecule has 1 aromatic heterocycles. The minimum Gasteiger partial charge on any atom is -0.494 e. The third-order valence-electron chi connectivity index (χ3n) is 2.89. The van der Waals surface area contributed by atoms with Crippen molar-refractivity contribution in [2.24, 2.45) is 0 Å². The number of rotatable bonds is 8. The van der Waals surface area contributed by atoms with Gasteiger partial charge in [0.1, 0.15) is 9.96 Å². The molecule has 0 spiro atoms. The number of hydrogen-bond acceptors (Lipinski definition) is 5. The Balaban J connectivity index is 1.78. The van der Waals surface area contributed by atoms with Crippen molar-refractivity contribution in [1.29, 1.82) is 0 Å². The normalized spacial score (nSPS) is 11.2. The smallest absolute Gasteiger partial charge is 0.251 e. The van der Waals surface area contributed by atoms with Gasteiger partial charge in [0, 0.05) is 18.7 Å². The van der Waals surface area contributed by atoms with Crippen LogP contribution in [0.5, 0.6) is 5.75 Å². The summed E-state index contributed by atoms with van der Waals surface area (Å²) in [7, 11) is -3.49. The average molecular weight is 354 g/mol. The number of carbonyl (C=O) groups excluding carboxylic acids is 1. The van der Waals surface area contributed by atoms with Gasteiger partial charge in [0.05, 0.1) is 6.61 Å². The summed E-state index contributed by atoms with van der Waals surface area (Å²) in [5.74, 6) is 0.441. The highest BCUT2D eigenvalue weighted by Crippen LogP contribution is 2.15. The molecule has 0 saturated heterocycles. The molecule has 0 aliphatic heterocycles. The Hall–Kier alpha value is -1.90. The van der Waals surface area contributed by atoms with Gasteiger partial charge in [-0.15, -0.1) is 11.3 Å². The zero-order valence-corrected chi connectivity index (χ0v) is 14.2. The van der Waals surface area contributed by atoms with E-state index in [2.05, 4.69) is 10.0 Å². The molecule has 1 aromatic carbocycles. The Kier molecular flexibility index (Phi) is 6.14. The van der Waals surface area contributed by atoms with Crippen molar-refractivity contribution < 1.29 is 17.9 Å². The molecule has 6 nitrogen and oxygen atoms in total. The lowest BCUT2D eigenvalue weighted by Crippen LogP contribution is -2.34. The molecular weight excluding hydrogens is 336 g/mol. The van der Waals surface area contributed by atoms with E-state index < -0.39 is 10.0 Å². The number of carbonyl (C=O) groups is 1. The van der Waals surface area contributed by atoms with Crippen molar-refractivity contribution in [3.05, 3.63) is 47.3 Å². The van der Waals surface area contributed by atoms with Gasteiger partial charge in [-0.3, -0.25) is 4.79 Å². The molecule has 2 aromatic rings. The van der Waals surface area contributed by atoms with E-state index in [1.807, 2.05) is 6.92 Å². The van der Waals surface area contributed by atoms with Crippen LogP contribution in [0.2, 0.25) is 0 Å². The van der Waals surface area contributed by atoms with Gasteiger partial charge in [0.15, 0.2) is 0 Å². The fourth-order valence-electron chi connectivity index (χ4n) is 1.82. The molecule has 2 rings (SSSR count). The minimum absolute atomic E-state index is 0.128. The van der Waals surface area contributed by atoms with Gasteiger partial charge in [-0.25, -0.2) is 13.1 Å². The maximum absolute atomic E-state index is 11.9. The molecule has 0 atom stereocenters. The van der Waals surface area contributed by atoms with Gasteiger partial charge in [0.2, 0.25) is 10.0 Å². The number of ether oxygens (including phenoxy) is 1. The van der Waals surface area contributed by atoms with E-state index in [0.717, 1.165) is 11.3 Å². The van der Waals surface area contributed by atoms with Crippen LogP contribution in [0.25, 0.3) is 0 Å². The lowest BCUT2D eigenvalue weighted by molar-refractivity contribution is 0.0954. The summed E-state index contributed by atoms with van der Waals surface area (Å²) in [6.07, 6.45) is 0. The Morgan fingerprint density at radius 3 is 2.52 bits per heavy atom. The summed E-state index contributed by atoms with van der Waals surface area (Å²) in [5.41, 5.74) is 0.495. The van der Waals surface area contributed by atoms with Gasteiger partial charge in [-0.2, -0.15) is 0 Å². The summed E-state index contributed by atoms with van der Waals surface area (Å²) >= 11 is 1.15. The zero-order valence-electron chi connectivity index (χ0n) is 12.6. The maximum atomic E-state index is 11.9. The van der Waals surface area contributed by atoms with Gasteiger partial charge in [-0.05, 0) is 42.6 Å². The number of thiophene rings is 1. The predicted octanol–water partition coefficient (Wildman–Crippen LogP) is 1.86. The van der Waals surface area contributed by atoms with Gasteiger partial charge in [-0.1, -0.05) is 6.07 Å². The van der Waals surface area contributed by atoms with Crippen LogP contribution in [0.1, 0.15) is 17.3 Å². The highest BCUT2D eigenvalue weighted by atomic mass is 32.2. The van der Waals surface area contributed by atoms with Crippen molar-refractivity contribution in [2.45, 2.75) is 11.1 Å². The molecule has 8 heteroatoms. The van der Waals surface area contributed by atoms with E-state index in [9.17, 15) is 13.2 Å². The standard InChI is InChI=1S/C15H18N2O4S2/c1-2-21-13-7-5-12(6-8-13)15(18)16-9-10-17-23(19,20)14-4-3-11-22-14/h3-8,11,17H,2,9-10H2,1H3,(H,16,18). The van der Waals surface area contributed by atoms with Crippen LogP contribution in [0, 0.1) is 0 Å². The lowest BCUT2D eigenvalue weighted by Gasteiger charge is -2.08. The number of amides is 1. The molecule has 1 heterocycles. The molecule has 124 valence electrons. The average Bonchev–Trinajstić information content (AvgIpc) is 3.08. The van der Waals surface area contributed by atoms with Crippen LogP contribution in [-0.2, 0) is 10.0 Å². The van der Waals surface area contributed by atoms with Gasteiger partial charge in [0.25, 0.3) is 5.91 Å². The molecule has 0 unspecified atom stereocenters. The monoisotopic (exact) mass is 354 g/mol. The first-order valence-electron chi connectivity index (χ1n) is 7.07. The summed E-state index contributed by atoms with van der Waals surface area (Å²) in [6, 6.07) is 9.97. The Labute approximate surface area is 139 Å². The SMILES string of the molecule is CCOc1ccc(C(=O)NCCNS(=O)(=O)c2cccs2)cc1. The molecule has 2 N–H and O–H groups in total. The van der Waals surface area contributed by atoms with E-state index in [4.69, 9.17) is 4.74 Å². The first kappa shape index (κ1) is 17.5. The fraction of sp³-hybridized carbons (Fsp3) is 0.267. The summed E-state index contributed by atoms with van der Waals surface area (Å²) in [4.78, 5) is 11.9. The summed E-state index contributed by atoms with van der Waals surface area (Å²) in [6.45, 7) is 2.79. The second kappa shape index (κ2) is 8.09. The molecular formula is C15H18N2O4S2. The third-order valence-corrected chi connectivity index (χ3v) is 5.75. The zero-order chi connectivity index (χ0) is 16.7. The number of nitrogens with one attached hydrogen (secondary N) is 2. The fourth-order valence-corrected chi connectivity index (χ4v) is 3.89. The van der Waals surface area contributed by atoms with E-state index in [-0.39, 0.29) is 23.2 Å². The van der Waals surface area contributed by atoms with Crippen molar-refractivity contribution in [2.75, 3.05) is 19.7 Å². The summed E-state index contributed by atoms with van der Waals surface area (Å²) < 4.78 is 31.8. The van der Waals surface area contributed by atoms with Gasteiger partial charge >= 0.3 is 0 Å². The highest BCUT2D eigenvalue weighted by molar-refractivity contribution is 7.91. The van der Waals surface area contributed by atoms with E-state index in [1.165, 1.54) is 6.07 Å². The Morgan fingerprint density at radius 2 is 1.91 bits per heavy atom. The molecule has 0 aliphatic rings. The first-order valence-corrected chi connectivity index (χ1v) is 9.43. The summed E-state index contributed by atoms with van der Waals surface area (Å²) in [5, 5.41) is 4.36. The van der Waals surface area contributed by atoms with Crippen LogP contribution in [-0.4, -0.2) is 34.0 Å². The van der Waals surface area contributed by atoms with E-state index in [0.29, 0.717) is 17.9 Å². The van der Waals surface area contributed by atoms with Gasteiger partial charge < -0.3 is 10.1 Å². The van der Waals surface area contributed by atoms with Crippen LogP contribution < -0.4 is 14.8 Å². The van der Waals surface area contributed by atoms with Crippen LogP contribution in [0.3, 0.4) is 0 Å². The second-order valence-corrected chi connectivity index (χ2v) is 7.48. The van der Waals surface area contributed by atoms with Crippen molar-refractivity contribution in [3.63, 3.8) is 0 Å².